The summed E-state index contributed by atoms with van der Waals surface area (Å²) in [4.78, 5) is 20.4. The molecule has 1 heterocycles. The number of amides is 1. The lowest BCUT2D eigenvalue weighted by atomic mass is 10.2. The fourth-order valence-corrected chi connectivity index (χ4v) is 2.60. The average molecular weight is 399 g/mol. The summed E-state index contributed by atoms with van der Waals surface area (Å²) >= 11 is 0. The summed E-state index contributed by atoms with van der Waals surface area (Å²) in [5.74, 6) is 1.65. The van der Waals surface area contributed by atoms with Crippen LogP contribution >= 0.6 is 0 Å². The number of carbonyl (C=O) groups is 1. The van der Waals surface area contributed by atoms with Crippen LogP contribution in [-0.2, 0) is 11.3 Å². The molecular formula is C21H26FN5O2. The molecule has 0 unspecified atom stereocenters. The maximum Gasteiger partial charge on any atom is 0.223 e. The minimum atomic E-state index is -0.316. The third-order valence-electron chi connectivity index (χ3n) is 4.26. The van der Waals surface area contributed by atoms with Gasteiger partial charge in [0.15, 0.2) is 5.96 Å². The molecule has 0 aliphatic heterocycles. The molecule has 1 fully saturated rings. The molecule has 0 spiro atoms. The van der Waals surface area contributed by atoms with E-state index in [1.54, 1.807) is 24.4 Å². The van der Waals surface area contributed by atoms with E-state index in [1.807, 2.05) is 13.0 Å². The highest BCUT2D eigenvalue weighted by molar-refractivity contribution is 5.81. The molecule has 3 rings (SSSR count). The Hall–Kier alpha value is -3.16. The van der Waals surface area contributed by atoms with Gasteiger partial charge >= 0.3 is 0 Å². The molecule has 8 heteroatoms. The van der Waals surface area contributed by atoms with E-state index in [9.17, 15) is 9.18 Å². The number of benzene rings is 1. The second kappa shape index (κ2) is 10.4. The summed E-state index contributed by atoms with van der Waals surface area (Å²) in [6.45, 7) is 4.32. The number of aromatic nitrogens is 1. The molecule has 1 aliphatic carbocycles. The van der Waals surface area contributed by atoms with Gasteiger partial charge in [-0.15, -0.1) is 0 Å². The zero-order chi connectivity index (χ0) is 20.5. The predicted molar refractivity (Wildman–Crippen MR) is 109 cm³/mol. The lowest BCUT2D eigenvalue weighted by molar-refractivity contribution is -0.122. The van der Waals surface area contributed by atoms with Crippen molar-refractivity contribution in [2.75, 3.05) is 19.6 Å². The molecule has 0 saturated heterocycles. The van der Waals surface area contributed by atoms with Crippen LogP contribution in [0.25, 0.3) is 0 Å². The van der Waals surface area contributed by atoms with Gasteiger partial charge in [0.05, 0.1) is 6.54 Å². The van der Waals surface area contributed by atoms with Gasteiger partial charge < -0.3 is 20.7 Å². The van der Waals surface area contributed by atoms with Crippen molar-refractivity contribution in [3.63, 3.8) is 0 Å². The molecule has 1 amide bonds. The van der Waals surface area contributed by atoms with Crippen molar-refractivity contribution in [3.8, 4) is 11.6 Å². The Morgan fingerprint density at radius 3 is 2.66 bits per heavy atom. The molecule has 0 radical (unpaired) electrons. The van der Waals surface area contributed by atoms with E-state index >= 15 is 0 Å². The van der Waals surface area contributed by atoms with Crippen molar-refractivity contribution >= 4 is 11.9 Å². The van der Waals surface area contributed by atoms with Gasteiger partial charge in [-0.1, -0.05) is 0 Å². The van der Waals surface area contributed by atoms with Gasteiger partial charge in [-0.25, -0.2) is 14.4 Å². The third-order valence-corrected chi connectivity index (χ3v) is 4.26. The second-order valence-electron chi connectivity index (χ2n) is 6.75. The molecule has 0 bridgehead atoms. The van der Waals surface area contributed by atoms with E-state index in [1.165, 1.54) is 12.1 Å². The van der Waals surface area contributed by atoms with Crippen LogP contribution in [0.3, 0.4) is 0 Å². The number of rotatable bonds is 9. The topological polar surface area (TPSA) is 87.6 Å². The number of carbonyl (C=O) groups excluding carboxylic acids is 1. The molecule has 29 heavy (non-hydrogen) atoms. The van der Waals surface area contributed by atoms with E-state index in [0.29, 0.717) is 37.2 Å². The highest BCUT2D eigenvalue weighted by atomic mass is 19.1. The maximum atomic E-state index is 13.0. The van der Waals surface area contributed by atoms with E-state index in [4.69, 9.17) is 4.74 Å². The van der Waals surface area contributed by atoms with Gasteiger partial charge in [-0.05, 0) is 55.7 Å². The molecule has 2 aromatic rings. The number of guanidine groups is 1. The van der Waals surface area contributed by atoms with Crippen molar-refractivity contribution in [2.45, 2.75) is 26.3 Å². The monoisotopic (exact) mass is 399 g/mol. The molecule has 0 atom stereocenters. The number of pyridine rings is 1. The fourth-order valence-electron chi connectivity index (χ4n) is 2.60. The van der Waals surface area contributed by atoms with Crippen LogP contribution in [0.4, 0.5) is 4.39 Å². The van der Waals surface area contributed by atoms with Crippen molar-refractivity contribution in [1.29, 1.82) is 0 Å². The van der Waals surface area contributed by atoms with E-state index in [2.05, 4.69) is 25.9 Å². The molecule has 154 valence electrons. The van der Waals surface area contributed by atoms with Gasteiger partial charge in [-0.3, -0.25) is 4.79 Å². The normalized spacial score (nSPS) is 13.7. The Labute approximate surface area is 169 Å². The highest BCUT2D eigenvalue weighted by Crippen LogP contribution is 2.28. The first-order valence-corrected chi connectivity index (χ1v) is 9.82. The van der Waals surface area contributed by atoms with Crippen LogP contribution in [-0.4, -0.2) is 36.5 Å². The number of hydrogen-bond donors (Lipinski definition) is 3. The lowest BCUT2D eigenvalue weighted by Crippen LogP contribution is -2.41. The van der Waals surface area contributed by atoms with Crippen molar-refractivity contribution in [3.05, 3.63) is 54.0 Å². The lowest BCUT2D eigenvalue weighted by Gasteiger charge is -2.12. The summed E-state index contributed by atoms with van der Waals surface area (Å²) < 4.78 is 18.7. The summed E-state index contributed by atoms with van der Waals surface area (Å²) in [6.07, 6.45) is 3.65. The molecule has 1 aliphatic rings. The molecule has 1 saturated carbocycles. The summed E-state index contributed by atoms with van der Waals surface area (Å²) in [5.41, 5.74) is 0.927. The number of aliphatic imine (C=N–C) groups is 1. The van der Waals surface area contributed by atoms with E-state index in [0.717, 1.165) is 24.9 Å². The second-order valence-corrected chi connectivity index (χ2v) is 6.75. The van der Waals surface area contributed by atoms with E-state index < -0.39 is 0 Å². The Kier molecular flexibility index (Phi) is 7.38. The van der Waals surface area contributed by atoms with Crippen molar-refractivity contribution in [2.24, 2.45) is 10.9 Å². The first kappa shape index (κ1) is 20.6. The molecule has 1 aromatic carbocycles. The van der Waals surface area contributed by atoms with Gasteiger partial charge in [0.25, 0.3) is 0 Å². The predicted octanol–water partition coefficient (Wildman–Crippen LogP) is 2.59. The number of nitrogens with one attached hydrogen (secondary N) is 3. The minimum absolute atomic E-state index is 0.138. The summed E-state index contributed by atoms with van der Waals surface area (Å²) in [5, 5.41) is 9.30. The zero-order valence-electron chi connectivity index (χ0n) is 16.5. The van der Waals surface area contributed by atoms with Gasteiger partial charge in [0.1, 0.15) is 11.6 Å². The Bertz CT molecular complexity index is 837. The van der Waals surface area contributed by atoms with Crippen LogP contribution in [0.15, 0.2) is 47.6 Å². The first-order valence-electron chi connectivity index (χ1n) is 9.82. The van der Waals surface area contributed by atoms with Crippen LogP contribution in [0.2, 0.25) is 0 Å². The van der Waals surface area contributed by atoms with Crippen LogP contribution < -0.4 is 20.7 Å². The molecule has 3 N–H and O–H groups in total. The summed E-state index contributed by atoms with van der Waals surface area (Å²) in [7, 11) is 0. The van der Waals surface area contributed by atoms with Crippen molar-refractivity contribution < 1.29 is 13.9 Å². The van der Waals surface area contributed by atoms with Gasteiger partial charge in [0, 0.05) is 37.8 Å². The van der Waals surface area contributed by atoms with Crippen LogP contribution in [0.1, 0.15) is 25.3 Å². The summed E-state index contributed by atoms with van der Waals surface area (Å²) in [6, 6.07) is 9.44. The Balaban J connectivity index is 1.51. The van der Waals surface area contributed by atoms with Crippen molar-refractivity contribution in [1.82, 2.24) is 20.9 Å². The van der Waals surface area contributed by atoms with Crippen LogP contribution in [0.5, 0.6) is 11.6 Å². The highest BCUT2D eigenvalue weighted by Gasteiger charge is 2.28. The average Bonchev–Trinajstić information content (AvgIpc) is 3.57. The molecule has 7 nitrogen and oxygen atoms in total. The Morgan fingerprint density at radius 1 is 1.17 bits per heavy atom. The largest absolute Gasteiger partial charge is 0.439 e. The number of halogens is 1. The maximum absolute atomic E-state index is 13.0. The number of nitrogens with zero attached hydrogens (tertiary/aromatic N) is 2. The zero-order valence-corrected chi connectivity index (χ0v) is 16.5. The SMILES string of the molecule is CCNC(=NCc1ccnc(Oc2ccc(F)cc2)c1)NCCNC(=O)C1CC1. The minimum Gasteiger partial charge on any atom is -0.439 e. The standard InChI is InChI=1S/C21H26FN5O2/c1-2-23-21(26-12-11-25-20(28)16-3-4-16)27-14-15-9-10-24-19(13-15)29-18-7-5-17(22)6-8-18/h5-10,13,16H,2-4,11-12,14H2,1H3,(H,25,28)(H2,23,26,27). The molecule has 1 aromatic heterocycles. The third kappa shape index (κ3) is 7.06. The molecular weight excluding hydrogens is 373 g/mol. The fraction of sp³-hybridized carbons (Fsp3) is 0.381. The quantitative estimate of drug-likeness (QED) is 0.343. The van der Waals surface area contributed by atoms with Gasteiger partial charge in [-0.2, -0.15) is 0 Å². The van der Waals surface area contributed by atoms with Crippen LogP contribution in [0, 0.1) is 11.7 Å². The van der Waals surface area contributed by atoms with Gasteiger partial charge in [0.2, 0.25) is 11.8 Å². The number of ether oxygens (including phenoxy) is 1. The number of hydrogen-bond acceptors (Lipinski definition) is 4. The first-order chi connectivity index (χ1) is 14.1. The smallest absolute Gasteiger partial charge is 0.223 e. The Morgan fingerprint density at radius 2 is 1.93 bits per heavy atom. The van der Waals surface area contributed by atoms with E-state index in [-0.39, 0.29) is 17.6 Å².